The molecular weight excluding hydrogens is 422 g/mol. The molecule has 3 amide bonds. The predicted octanol–water partition coefficient (Wildman–Crippen LogP) is 3.24. The van der Waals surface area contributed by atoms with Crippen molar-refractivity contribution in [3.05, 3.63) is 84.1 Å². The number of aryl methyl sites for hydroxylation is 1. The molecule has 0 fully saturated rings. The van der Waals surface area contributed by atoms with Gasteiger partial charge in [-0.15, -0.1) is 0 Å². The minimum Gasteiger partial charge on any atom is -0.451 e. The molecule has 3 aromatic rings. The molecule has 0 spiro atoms. The molecule has 0 aliphatic carbocycles. The molecule has 3 rings (SSSR count). The largest absolute Gasteiger partial charge is 0.451 e. The summed E-state index contributed by atoms with van der Waals surface area (Å²) in [6, 6.07) is 22.5. The third kappa shape index (κ3) is 7.33. The number of carbonyl (C=O) groups is 3. The second-order valence-corrected chi connectivity index (χ2v) is 7.56. The van der Waals surface area contributed by atoms with Gasteiger partial charge in [-0.2, -0.15) is 0 Å². The highest BCUT2D eigenvalue weighted by Crippen LogP contribution is 2.21. The van der Waals surface area contributed by atoms with E-state index >= 15 is 0 Å². The van der Waals surface area contributed by atoms with Crippen LogP contribution in [0.4, 0.5) is 0 Å². The van der Waals surface area contributed by atoms with E-state index in [-0.39, 0.29) is 31.3 Å². The van der Waals surface area contributed by atoms with E-state index in [0.29, 0.717) is 23.7 Å². The van der Waals surface area contributed by atoms with Crippen molar-refractivity contribution in [2.45, 2.75) is 19.3 Å². The number of furan rings is 1. The van der Waals surface area contributed by atoms with E-state index in [2.05, 4.69) is 10.6 Å². The summed E-state index contributed by atoms with van der Waals surface area (Å²) in [6.45, 7) is -0.239. The van der Waals surface area contributed by atoms with Gasteiger partial charge in [0.2, 0.25) is 12.3 Å². The van der Waals surface area contributed by atoms with Crippen LogP contribution in [0, 0.1) is 5.92 Å². The molecule has 33 heavy (non-hydrogen) atoms. The van der Waals surface area contributed by atoms with Crippen LogP contribution in [0.2, 0.25) is 0 Å². The van der Waals surface area contributed by atoms with E-state index in [1.807, 2.05) is 60.7 Å². The third-order valence-electron chi connectivity index (χ3n) is 5.16. The van der Waals surface area contributed by atoms with Gasteiger partial charge in [0.05, 0.1) is 19.1 Å². The van der Waals surface area contributed by atoms with Crippen LogP contribution in [-0.2, 0) is 16.0 Å². The molecule has 1 heterocycles. The minimum absolute atomic E-state index is 0.110. The highest BCUT2D eigenvalue weighted by Gasteiger charge is 2.21. The van der Waals surface area contributed by atoms with Gasteiger partial charge >= 0.3 is 0 Å². The van der Waals surface area contributed by atoms with Crippen LogP contribution < -0.4 is 10.6 Å². The molecule has 0 radical (unpaired) electrons. The van der Waals surface area contributed by atoms with E-state index in [4.69, 9.17) is 4.42 Å². The Morgan fingerprint density at radius 2 is 1.67 bits per heavy atom. The normalized spacial score (nSPS) is 11.4. The maximum Gasteiger partial charge on any atom is 0.288 e. The summed E-state index contributed by atoms with van der Waals surface area (Å²) in [6.07, 6.45) is 2.21. The van der Waals surface area contributed by atoms with Crippen LogP contribution in [0.5, 0.6) is 0 Å². The van der Waals surface area contributed by atoms with Gasteiger partial charge < -0.3 is 15.1 Å². The zero-order chi connectivity index (χ0) is 23.5. The lowest BCUT2D eigenvalue weighted by molar-refractivity contribution is -0.154. The Bertz CT molecular complexity index is 1040. The monoisotopic (exact) mass is 449 g/mol. The van der Waals surface area contributed by atoms with Crippen molar-refractivity contribution in [2.24, 2.45) is 5.92 Å². The smallest absolute Gasteiger partial charge is 0.288 e. The number of amides is 3. The van der Waals surface area contributed by atoms with Crippen molar-refractivity contribution in [1.82, 2.24) is 15.7 Å². The fourth-order valence-corrected chi connectivity index (χ4v) is 3.43. The zero-order valence-electron chi connectivity index (χ0n) is 18.1. The molecular formula is C25H27N3O5. The van der Waals surface area contributed by atoms with Crippen molar-refractivity contribution >= 4 is 18.2 Å². The first kappa shape index (κ1) is 23.7. The first-order valence-electron chi connectivity index (χ1n) is 10.7. The number of hydrogen-bond donors (Lipinski definition) is 3. The Morgan fingerprint density at radius 3 is 2.36 bits per heavy atom. The summed E-state index contributed by atoms with van der Waals surface area (Å²) in [4.78, 5) is 35.7. The summed E-state index contributed by atoms with van der Waals surface area (Å²) in [5.41, 5.74) is 2.00. The molecule has 0 bridgehead atoms. The number of hydroxylamine groups is 2. The molecule has 0 saturated heterocycles. The summed E-state index contributed by atoms with van der Waals surface area (Å²) >= 11 is 0. The number of carbonyl (C=O) groups excluding carboxylic acids is 3. The molecule has 0 aliphatic heterocycles. The van der Waals surface area contributed by atoms with E-state index in [9.17, 15) is 19.6 Å². The van der Waals surface area contributed by atoms with Gasteiger partial charge in [-0.1, -0.05) is 60.7 Å². The van der Waals surface area contributed by atoms with Crippen molar-refractivity contribution in [3.63, 3.8) is 0 Å². The minimum atomic E-state index is -0.617. The first-order chi connectivity index (χ1) is 16.1. The van der Waals surface area contributed by atoms with E-state index in [1.165, 1.54) is 0 Å². The number of benzene rings is 2. The molecule has 0 saturated carbocycles. The highest BCUT2D eigenvalue weighted by atomic mass is 16.5. The van der Waals surface area contributed by atoms with Gasteiger partial charge in [-0.05, 0) is 37.0 Å². The van der Waals surface area contributed by atoms with Crippen molar-refractivity contribution < 1.29 is 24.0 Å². The summed E-state index contributed by atoms with van der Waals surface area (Å²) in [7, 11) is 0. The number of nitrogens with zero attached hydrogens (tertiary/aromatic N) is 1. The fraction of sp³-hybridized carbons (Fsp3) is 0.240. The van der Waals surface area contributed by atoms with Crippen LogP contribution >= 0.6 is 0 Å². The van der Waals surface area contributed by atoms with Crippen molar-refractivity contribution in [2.75, 3.05) is 13.2 Å². The Morgan fingerprint density at radius 1 is 0.970 bits per heavy atom. The van der Waals surface area contributed by atoms with Gasteiger partial charge in [0.25, 0.3) is 5.91 Å². The molecule has 1 aromatic heterocycles. The fourth-order valence-electron chi connectivity index (χ4n) is 3.43. The van der Waals surface area contributed by atoms with Crippen LogP contribution in [0.25, 0.3) is 11.3 Å². The van der Waals surface area contributed by atoms with Gasteiger partial charge in [0.15, 0.2) is 5.76 Å². The molecule has 2 aromatic carbocycles. The average Bonchev–Trinajstić information content (AvgIpc) is 3.35. The van der Waals surface area contributed by atoms with Crippen molar-refractivity contribution in [1.29, 1.82) is 0 Å². The first-order valence-corrected chi connectivity index (χ1v) is 10.7. The van der Waals surface area contributed by atoms with Gasteiger partial charge in [-0.3, -0.25) is 19.6 Å². The van der Waals surface area contributed by atoms with Gasteiger partial charge in [0.1, 0.15) is 5.76 Å². The number of rotatable bonds is 12. The SMILES string of the molecule is O=CN(O)C[C@@H](CCCc1ccccc1)C(=O)NCNC(=O)c1ccc(-c2ccccc2)o1. The van der Waals surface area contributed by atoms with Crippen LogP contribution in [0.3, 0.4) is 0 Å². The van der Waals surface area contributed by atoms with Gasteiger partial charge in [-0.25, -0.2) is 5.06 Å². The molecule has 172 valence electrons. The Hall–Kier alpha value is -3.91. The predicted molar refractivity (Wildman–Crippen MR) is 122 cm³/mol. The maximum atomic E-state index is 12.6. The average molecular weight is 450 g/mol. The molecule has 0 unspecified atom stereocenters. The van der Waals surface area contributed by atoms with E-state index in [0.717, 1.165) is 17.5 Å². The lowest BCUT2D eigenvalue weighted by Crippen LogP contribution is -2.43. The van der Waals surface area contributed by atoms with Crippen molar-refractivity contribution in [3.8, 4) is 11.3 Å². The van der Waals surface area contributed by atoms with E-state index < -0.39 is 11.8 Å². The van der Waals surface area contributed by atoms with E-state index in [1.54, 1.807) is 12.1 Å². The molecule has 8 nitrogen and oxygen atoms in total. The Balaban J connectivity index is 1.48. The maximum absolute atomic E-state index is 12.6. The molecule has 0 aliphatic rings. The summed E-state index contributed by atoms with van der Waals surface area (Å²) < 4.78 is 5.60. The van der Waals surface area contributed by atoms with Crippen LogP contribution in [0.15, 0.2) is 77.2 Å². The quantitative estimate of drug-likeness (QED) is 0.170. The lowest BCUT2D eigenvalue weighted by atomic mass is 9.98. The number of hydrogen-bond acceptors (Lipinski definition) is 5. The standard InChI is InChI=1S/C25H27N3O5/c29-18-28(32)16-21(13-7-10-19-8-3-1-4-9-19)24(30)26-17-27-25(31)23-15-14-22(33-23)20-11-5-2-6-12-20/h1-6,8-9,11-12,14-15,18,21,32H,7,10,13,16-17H2,(H,26,30)(H,27,31)/t21-/m1/s1. The lowest BCUT2D eigenvalue weighted by Gasteiger charge is -2.19. The Labute approximate surface area is 192 Å². The summed E-state index contributed by atoms with van der Waals surface area (Å²) in [5.74, 6) is -0.747. The molecule has 3 N–H and O–H groups in total. The third-order valence-corrected chi connectivity index (χ3v) is 5.16. The number of nitrogens with one attached hydrogen (secondary N) is 2. The van der Waals surface area contributed by atoms with Crippen LogP contribution in [-0.4, -0.2) is 41.7 Å². The highest BCUT2D eigenvalue weighted by molar-refractivity contribution is 5.92. The summed E-state index contributed by atoms with van der Waals surface area (Å²) in [5, 5.41) is 15.2. The second kappa shape index (κ2) is 12.2. The van der Waals surface area contributed by atoms with Gasteiger partial charge in [0, 0.05) is 5.56 Å². The molecule has 8 heteroatoms. The topological polar surface area (TPSA) is 112 Å². The zero-order valence-corrected chi connectivity index (χ0v) is 18.1. The van der Waals surface area contributed by atoms with Crippen LogP contribution in [0.1, 0.15) is 29.0 Å². The second-order valence-electron chi connectivity index (χ2n) is 7.56. The Kier molecular flexibility index (Phi) is 8.79. The molecule has 1 atom stereocenters.